The summed E-state index contributed by atoms with van der Waals surface area (Å²) < 4.78 is 1.60. The Morgan fingerprint density at radius 1 is 0.939 bits per heavy atom. The lowest BCUT2D eigenvalue weighted by atomic mass is 9.83. The topological polar surface area (TPSA) is 80.2 Å². The lowest BCUT2D eigenvalue weighted by molar-refractivity contribution is -0.117. The number of rotatable bonds is 9. The monoisotopic (exact) mass is 443 g/mol. The number of unbranched alkanes of at least 4 members (excludes halogenated alkanes) is 3. The van der Waals surface area contributed by atoms with E-state index >= 15 is 0 Å². The first-order chi connectivity index (χ1) is 15.9. The van der Waals surface area contributed by atoms with Crippen molar-refractivity contribution in [3.63, 3.8) is 0 Å². The first kappa shape index (κ1) is 22.5. The van der Waals surface area contributed by atoms with Gasteiger partial charge in [0.05, 0.1) is 11.1 Å². The quantitative estimate of drug-likeness (QED) is 0.297. The molecule has 33 heavy (non-hydrogen) atoms. The van der Waals surface area contributed by atoms with Crippen molar-refractivity contribution in [2.75, 3.05) is 18.4 Å². The lowest BCUT2D eigenvalue weighted by Gasteiger charge is -2.23. The zero-order valence-corrected chi connectivity index (χ0v) is 19.2. The molecule has 1 aliphatic rings. The van der Waals surface area contributed by atoms with Crippen molar-refractivity contribution >= 4 is 28.3 Å². The molecular weight excluding hydrogens is 414 g/mol. The number of aryl methyl sites for hydroxylation is 1. The summed E-state index contributed by atoms with van der Waals surface area (Å²) >= 11 is 0. The molecule has 6 nitrogen and oxygen atoms in total. The molecule has 0 saturated heterocycles. The maximum absolute atomic E-state index is 13.5. The van der Waals surface area contributed by atoms with Crippen molar-refractivity contribution in [1.82, 2.24) is 9.88 Å². The molecule has 3 aromatic rings. The van der Waals surface area contributed by atoms with Crippen LogP contribution in [0.3, 0.4) is 0 Å². The van der Waals surface area contributed by atoms with Crippen molar-refractivity contribution in [3.8, 4) is 11.1 Å². The maximum atomic E-state index is 13.5. The Hall–Kier alpha value is -3.67. The molecule has 1 amide bonds. The summed E-state index contributed by atoms with van der Waals surface area (Å²) in [4.78, 5) is 37.5. The lowest BCUT2D eigenvalue weighted by Crippen LogP contribution is -2.24. The number of hydrogen-bond donors (Lipinski definition) is 2. The van der Waals surface area contributed by atoms with Gasteiger partial charge >= 0.3 is 0 Å². The number of carbonyl (C=O) groups is 2. The van der Waals surface area contributed by atoms with Gasteiger partial charge in [0.25, 0.3) is 5.56 Å². The normalized spacial score (nSPS) is 11.9. The fraction of sp³-hybridized carbons (Fsp3) is 0.296. The van der Waals surface area contributed by atoms with E-state index in [1.54, 1.807) is 24.6 Å². The fourth-order valence-electron chi connectivity index (χ4n) is 4.38. The van der Waals surface area contributed by atoms with E-state index < -0.39 is 0 Å². The third kappa shape index (κ3) is 4.33. The van der Waals surface area contributed by atoms with E-state index in [1.165, 1.54) is 0 Å². The van der Waals surface area contributed by atoms with Crippen LogP contribution in [0.5, 0.6) is 0 Å². The van der Waals surface area contributed by atoms with Gasteiger partial charge in [-0.3, -0.25) is 14.4 Å². The number of ketones is 1. The van der Waals surface area contributed by atoms with Crippen LogP contribution >= 0.6 is 0 Å². The van der Waals surface area contributed by atoms with Crippen molar-refractivity contribution in [3.05, 3.63) is 76.1 Å². The van der Waals surface area contributed by atoms with Crippen molar-refractivity contribution < 1.29 is 9.59 Å². The molecule has 2 aromatic carbocycles. The Morgan fingerprint density at radius 2 is 1.64 bits per heavy atom. The van der Waals surface area contributed by atoms with Gasteiger partial charge < -0.3 is 15.2 Å². The van der Waals surface area contributed by atoms with Crippen LogP contribution in [0.15, 0.2) is 59.4 Å². The number of benzene rings is 2. The zero-order valence-electron chi connectivity index (χ0n) is 19.2. The van der Waals surface area contributed by atoms with E-state index in [4.69, 9.17) is 0 Å². The zero-order chi connectivity index (χ0) is 23.5. The predicted octanol–water partition coefficient (Wildman–Crippen LogP) is 4.41. The third-order valence-corrected chi connectivity index (χ3v) is 6.19. The number of hydrogen-bond acceptors (Lipinski definition) is 4. The highest BCUT2D eigenvalue weighted by Crippen LogP contribution is 2.41. The highest BCUT2D eigenvalue weighted by Gasteiger charge is 2.28. The highest BCUT2D eigenvalue weighted by atomic mass is 16.1. The molecule has 4 rings (SSSR count). The average molecular weight is 444 g/mol. The molecule has 0 saturated carbocycles. The van der Waals surface area contributed by atoms with Crippen LogP contribution in [0.25, 0.3) is 22.0 Å². The molecule has 0 spiro atoms. The molecule has 0 unspecified atom stereocenters. The van der Waals surface area contributed by atoms with E-state index in [0.717, 1.165) is 59.9 Å². The molecule has 0 aliphatic heterocycles. The number of nitrogens with one attached hydrogen (secondary N) is 2. The largest absolute Gasteiger partial charge is 0.384 e. The van der Waals surface area contributed by atoms with Gasteiger partial charge in [-0.1, -0.05) is 43.7 Å². The molecule has 0 radical (unpaired) electrons. The van der Waals surface area contributed by atoms with Gasteiger partial charge in [-0.05, 0) is 43.0 Å². The molecule has 0 bridgehead atoms. The number of aromatic nitrogens is 1. The standard InChI is InChI=1S/C27H29N3O3/c1-17(2)27(33)29-15-9-5-4-8-14-28-21-12-13-22-24-20(16-23(31)30(22)3)18-10-6-7-11-19(18)26(32)25(21)24/h6-7,10-13,16,28H,1,4-5,8-9,14-15H2,2-3H3,(H,29,33). The van der Waals surface area contributed by atoms with Gasteiger partial charge in [0, 0.05) is 48.4 Å². The number of fused-ring (bicyclic) bond motifs is 2. The van der Waals surface area contributed by atoms with Crippen LogP contribution in [0.4, 0.5) is 5.69 Å². The molecule has 0 atom stereocenters. The molecule has 6 heteroatoms. The second-order valence-corrected chi connectivity index (χ2v) is 8.59. The van der Waals surface area contributed by atoms with Crippen molar-refractivity contribution in [2.24, 2.45) is 7.05 Å². The Balaban J connectivity index is 1.49. The van der Waals surface area contributed by atoms with E-state index in [1.807, 2.05) is 36.4 Å². The Bertz CT molecular complexity index is 1320. The minimum Gasteiger partial charge on any atom is -0.384 e. The Morgan fingerprint density at radius 3 is 2.36 bits per heavy atom. The summed E-state index contributed by atoms with van der Waals surface area (Å²) in [6.45, 7) is 6.73. The fourth-order valence-corrected chi connectivity index (χ4v) is 4.38. The van der Waals surface area contributed by atoms with Crippen LogP contribution in [0.1, 0.15) is 48.5 Å². The second kappa shape index (κ2) is 9.45. The maximum Gasteiger partial charge on any atom is 0.251 e. The molecule has 1 aromatic heterocycles. The second-order valence-electron chi connectivity index (χ2n) is 8.59. The van der Waals surface area contributed by atoms with Crippen LogP contribution in [0.2, 0.25) is 0 Å². The van der Waals surface area contributed by atoms with Gasteiger partial charge in [0.2, 0.25) is 5.91 Å². The van der Waals surface area contributed by atoms with Crippen molar-refractivity contribution in [1.29, 1.82) is 0 Å². The minimum atomic E-state index is -0.0925. The predicted molar refractivity (Wildman–Crippen MR) is 133 cm³/mol. The minimum absolute atomic E-state index is 0.0156. The van der Waals surface area contributed by atoms with E-state index in [0.29, 0.717) is 23.2 Å². The first-order valence-electron chi connectivity index (χ1n) is 11.4. The van der Waals surface area contributed by atoms with Crippen LogP contribution in [-0.4, -0.2) is 29.3 Å². The summed E-state index contributed by atoms with van der Waals surface area (Å²) in [6.07, 6.45) is 3.92. The molecule has 170 valence electrons. The van der Waals surface area contributed by atoms with Crippen LogP contribution in [-0.2, 0) is 11.8 Å². The van der Waals surface area contributed by atoms with E-state index in [2.05, 4.69) is 17.2 Å². The van der Waals surface area contributed by atoms with Gasteiger partial charge in [-0.25, -0.2) is 0 Å². The third-order valence-electron chi connectivity index (χ3n) is 6.19. The SMILES string of the molecule is C=C(C)C(=O)NCCCCCCNc1ccc2c3c(cc(=O)n2C)-c2ccccc2C(=O)c13. The number of carbonyl (C=O) groups excluding carboxylic acids is 2. The van der Waals surface area contributed by atoms with Crippen LogP contribution in [0, 0.1) is 0 Å². The number of nitrogens with zero attached hydrogens (tertiary/aromatic N) is 1. The van der Waals surface area contributed by atoms with Gasteiger partial charge in [-0.2, -0.15) is 0 Å². The summed E-state index contributed by atoms with van der Waals surface area (Å²) in [6, 6.07) is 12.9. The van der Waals surface area contributed by atoms with Gasteiger partial charge in [-0.15, -0.1) is 0 Å². The highest BCUT2D eigenvalue weighted by molar-refractivity contribution is 6.28. The Labute approximate surface area is 193 Å². The molecule has 1 aliphatic carbocycles. The average Bonchev–Trinajstić information content (AvgIpc) is 2.81. The summed E-state index contributed by atoms with van der Waals surface area (Å²) in [5.74, 6) is -0.108. The Kier molecular flexibility index (Phi) is 6.45. The number of amides is 1. The van der Waals surface area contributed by atoms with Crippen LogP contribution < -0.4 is 16.2 Å². The van der Waals surface area contributed by atoms with E-state index in [9.17, 15) is 14.4 Å². The molecule has 1 heterocycles. The van der Waals surface area contributed by atoms with E-state index in [-0.39, 0.29) is 17.2 Å². The number of pyridine rings is 1. The van der Waals surface area contributed by atoms with Gasteiger partial charge in [0.15, 0.2) is 5.78 Å². The number of anilines is 1. The molecule has 0 fully saturated rings. The summed E-state index contributed by atoms with van der Waals surface area (Å²) in [5, 5.41) is 7.13. The summed E-state index contributed by atoms with van der Waals surface area (Å²) in [5.41, 5.74) is 4.90. The molecular formula is C27H29N3O3. The summed E-state index contributed by atoms with van der Waals surface area (Å²) in [7, 11) is 1.74. The molecule has 2 N–H and O–H groups in total. The van der Waals surface area contributed by atoms with Gasteiger partial charge in [0.1, 0.15) is 0 Å². The first-order valence-corrected chi connectivity index (χ1v) is 11.4. The smallest absolute Gasteiger partial charge is 0.251 e. The van der Waals surface area contributed by atoms with Crippen molar-refractivity contribution in [2.45, 2.75) is 32.6 Å².